The van der Waals surface area contributed by atoms with Crippen molar-refractivity contribution in [2.45, 2.75) is 0 Å². The molecule has 0 unspecified atom stereocenters. The minimum absolute atomic E-state index is 0.831. The maximum absolute atomic E-state index is 5.50. The molecule has 0 atom stereocenters. The first-order valence-corrected chi connectivity index (χ1v) is 2.98. The fourth-order valence-corrected chi connectivity index (χ4v) is 0.718. The number of benzene rings is 1. The number of para-hydroxylation sites is 1. The van der Waals surface area contributed by atoms with Crippen LogP contribution in [0.2, 0.25) is 0 Å². The van der Waals surface area contributed by atoms with Crippen molar-refractivity contribution < 1.29 is 0 Å². The Morgan fingerprint density at radius 2 is 1.88 bits per heavy atom. The van der Waals surface area contributed by atoms with Crippen molar-refractivity contribution in [2.75, 3.05) is 5.73 Å². The molecule has 1 nitrogen and oxygen atoms in total. The van der Waals surface area contributed by atoms with Crippen LogP contribution >= 0.6 is 0 Å². The molecule has 0 radical (unpaired) electrons. The number of hydrogen-bond acceptors (Lipinski definition) is 1. The number of nitrogens with two attached hydrogens (primary N) is 1. The summed E-state index contributed by atoms with van der Waals surface area (Å²) in [6.45, 7) is 0. The third-order valence-corrected chi connectivity index (χ3v) is 1.52. The van der Waals surface area contributed by atoms with Gasteiger partial charge in [0, 0.05) is 0 Å². The minimum atomic E-state index is 0.831. The van der Waals surface area contributed by atoms with Crippen LogP contribution in [0.5, 0.6) is 0 Å². The van der Waals surface area contributed by atoms with E-state index in [0.717, 1.165) is 10.1 Å². The van der Waals surface area contributed by atoms with Gasteiger partial charge in [-0.05, 0) is 0 Å². The molecule has 0 spiro atoms. The molecule has 0 fully saturated rings. The van der Waals surface area contributed by atoms with E-state index >= 15 is 0 Å². The van der Waals surface area contributed by atoms with Crippen LogP contribution < -0.4 is 10.2 Å². The predicted octanol–water partition coefficient (Wildman–Crippen LogP) is 0.0626. The Labute approximate surface area is 56.9 Å². The Bertz CT molecular complexity index is 165. The van der Waals surface area contributed by atoms with Gasteiger partial charge >= 0.3 is 56.4 Å². The third-order valence-electron chi connectivity index (χ3n) is 0.996. The molecule has 0 aromatic heterocycles. The van der Waals surface area contributed by atoms with E-state index in [-0.39, 0.29) is 0 Å². The molecule has 1 aromatic rings. The summed E-state index contributed by atoms with van der Waals surface area (Å²) in [5.74, 6) is 0. The summed E-state index contributed by atoms with van der Waals surface area (Å²) in [5.41, 5.74) is 6.33. The summed E-state index contributed by atoms with van der Waals surface area (Å²) in [7, 11) is 0. The van der Waals surface area contributed by atoms with Crippen molar-refractivity contribution in [1.29, 1.82) is 0 Å². The number of hydrogen-bond donors (Lipinski definition) is 1. The quantitative estimate of drug-likeness (QED) is 0.379. The molecule has 0 aliphatic rings. The van der Waals surface area contributed by atoms with Crippen LogP contribution in [0.1, 0.15) is 0 Å². The second-order valence-electron chi connectivity index (χ2n) is 1.63. The van der Waals surface area contributed by atoms with Crippen molar-refractivity contribution in [3.05, 3.63) is 24.3 Å². The Balaban J connectivity index is 3.13. The van der Waals surface area contributed by atoms with E-state index in [1.165, 1.54) is 0 Å². The number of nitrogen functional groups attached to an aromatic ring is 1. The number of anilines is 1. The molecule has 1 aromatic carbocycles. The predicted molar refractivity (Wildman–Crippen MR) is 36.2 cm³/mol. The monoisotopic (exact) mass is 119 g/mol. The molecule has 2 heteroatoms. The zero-order valence-electron chi connectivity index (χ0n) is 4.46. The van der Waals surface area contributed by atoms with E-state index in [9.17, 15) is 0 Å². The fraction of sp³-hybridized carbons (Fsp3) is 0. The van der Waals surface area contributed by atoms with Gasteiger partial charge < -0.3 is 0 Å². The molecule has 0 saturated heterocycles. The Morgan fingerprint density at radius 3 is 2.25 bits per heavy atom. The Morgan fingerprint density at radius 1 is 1.25 bits per heavy atom. The van der Waals surface area contributed by atoms with Gasteiger partial charge in [-0.1, -0.05) is 0 Å². The van der Waals surface area contributed by atoms with Gasteiger partial charge in [0.2, 0.25) is 0 Å². The number of rotatable bonds is 0. The second kappa shape index (κ2) is 2.21. The van der Waals surface area contributed by atoms with E-state index in [1.807, 2.05) is 24.3 Å². The topological polar surface area (TPSA) is 26.0 Å². The first-order valence-electron chi connectivity index (χ1n) is 2.40. The van der Waals surface area contributed by atoms with Gasteiger partial charge in [0.15, 0.2) is 0 Å². The molecule has 0 aliphatic heterocycles. The molecule has 0 bridgehead atoms. The van der Waals surface area contributed by atoms with E-state index in [0.29, 0.717) is 0 Å². The van der Waals surface area contributed by atoms with Crippen LogP contribution in [0.15, 0.2) is 24.3 Å². The first-order chi connectivity index (χ1) is 3.80. The summed E-state index contributed by atoms with van der Waals surface area (Å²) in [5, 5.41) is 0. The van der Waals surface area contributed by atoms with Gasteiger partial charge in [-0.15, -0.1) is 0 Å². The van der Waals surface area contributed by atoms with Crippen LogP contribution in [0.3, 0.4) is 0 Å². The van der Waals surface area contributed by atoms with E-state index in [4.69, 9.17) is 5.73 Å². The summed E-state index contributed by atoms with van der Waals surface area (Å²) in [4.78, 5) is 0. The van der Waals surface area contributed by atoms with Crippen LogP contribution in [0, 0.1) is 0 Å². The van der Waals surface area contributed by atoms with Gasteiger partial charge in [-0.25, -0.2) is 0 Å². The maximum atomic E-state index is 5.50. The average molecular weight is 119 g/mol. The van der Waals surface area contributed by atoms with Crippen LogP contribution in [-0.2, 0) is 0 Å². The average Bonchev–Trinajstić information content (AvgIpc) is 1.77. The normalized spacial score (nSPS) is 9.25. The molecule has 2 N–H and O–H groups in total. The van der Waals surface area contributed by atoms with Crippen molar-refractivity contribution in [3.8, 4) is 0 Å². The van der Waals surface area contributed by atoms with Crippen LogP contribution in [0.25, 0.3) is 0 Å². The molecule has 36 valence electrons. The molecule has 1 rings (SSSR count). The third kappa shape index (κ3) is 1.03. The summed E-state index contributed by atoms with van der Waals surface area (Å²) < 4.78 is 1.06. The van der Waals surface area contributed by atoms with Crippen LogP contribution in [0.4, 0.5) is 5.69 Å². The zero-order chi connectivity index (χ0) is 5.98. The van der Waals surface area contributed by atoms with Gasteiger partial charge in [0.1, 0.15) is 0 Å². The standard InChI is InChI=1S/C6H6N.Al/c7-6-4-2-1-3-5-6;/h1-4H,7H2;/q;+2. The molecule has 0 amide bonds. The van der Waals surface area contributed by atoms with Crippen molar-refractivity contribution >= 4 is 26.4 Å². The van der Waals surface area contributed by atoms with Crippen molar-refractivity contribution in [2.24, 2.45) is 0 Å². The van der Waals surface area contributed by atoms with E-state index in [2.05, 4.69) is 16.3 Å². The molecular formula is C6H6AlN+2. The molecule has 0 aliphatic carbocycles. The molecule has 0 heterocycles. The van der Waals surface area contributed by atoms with Gasteiger partial charge in [0.25, 0.3) is 0 Å². The Hall–Kier alpha value is -0.448. The fourth-order valence-electron chi connectivity index (χ4n) is 0.511. The first kappa shape index (κ1) is 5.68. The SMILES string of the molecule is Nc1cccc[c]1[Al+2]. The van der Waals surface area contributed by atoms with Gasteiger partial charge in [-0.2, -0.15) is 0 Å². The summed E-state index contributed by atoms with van der Waals surface area (Å²) in [6.07, 6.45) is 0. The van der Waals surface area contributed by atoms with E-state index in [1.54, 1.807) is 0 Å². The Kier molecular flexibility index (Phi) is 1.57. The van der Waals surface area contributed by atoms with Gasteiger partial charge in [-0.3, -0.25) is 0 Å². The van der Waals surface area contributed by atoms with Crippen LogP contribution in [-0.4, -0.2) is 16.3 Å². The van der Waals surface area contributed by atoms with Gasteiger partial charge in [0.05, 0.1) is 0 Å². The van der Waals surface area contributed by atoms with Crippen molar-refractivity contribution in [1.82, 2.24) is 0 Å². The van der Waals surface area contributed by atoms with Crippen molar-refractivity contribution in [3.63, 3.8) is 0 Å². The molecule has 0 saturated carbocycles. The zero-order valence-corrected chi connectivity index (χ0v) is 5.62. The van der Waals surface area contributed by atoms with E-state index < -0.39 is 0 Å². The molecular weight excluding hydrogens is 113 g/mol. The molecule has 8 heavy (non-hydrogen) atoms. The summed E-state index contributed by atoms with van der Waals surface area (Å²) in [6, 6.07) is 7.71. The second-order valence-corrected chi connectivity index (χ2v) is 2.25. The summed E-state index contributed by atoms with van der Waals surface area (Å²) >= 11 is 2.56.